The molecule has 4 heteroatoms. The third-order valence-corrected chi connectivity index (χ3v) is 3.24. The number of hydrogen-bond acceptors (Lipinski definition) is 3. The van der Waals surface area contributed by atoms with Crippen LogP contribution in [0.5, 0.6) is 0 Å². The first kappa shape index (κ1) is 8.97. The van der Waals surface area contributed by atoms with Gasteiger partial charge in [0.25, 0.3) is 0 Å². The monoisotopic (exact) mass is 184 g/mol. The third-order valence-electron chi connectivity index (χ3n) is 3.24. The molecule has 1 aliphatic carbocycles. The van der Waals surface area contributed by atoms with Crippen LogP contribution in [0.1, 0.15) is 6.42 Å². The number of rotatable bonds is 2. The molecular formula is C9H16N2O2. The van der Waals surface area contributed by atoms with Gasteiger partial charge in [0.2, 0.25) is 5.91 Å². The molecule has 0 aromatic rings. The van der Waals surface area contributed by atoms with Crippen LogP contribution in [0.25, 0.3) is 0 Å². The number of carbonyl (C=O) groups is 1. The Hall–Kier alpha value is -0.610. The molecule has 2 bridgehead atoms. The molecule has 13 heavy (non-hydrogen) atoms. The second-order valence-electron chi connectivity index (χ2n) is 3.96. The topological polar surface area (TPSA) is 55.6 Å². The van der Waals surface area contributed by atoms with Gasteiger partial charge < -0.3 is 15.4 Å². The number of piperidine rings is 2. The maximum Gasteiger partial charge on any atom is 0.236 e. The van der Waals surface area contributed by atoms with Gasteiger partial charge in [-0.1, -0.05) is 0 Å². The highest BCUT2D eigenvalue weighted by Gasteiger charge is 2.47. The van der Waals surface area contributed by atoms with Crippen molar-refractivity contribution in [1.29, 1.82) is 0 Å². The molecule has 0 spiro atoms. The Balaban J connectivity index is 1.92. The van der Waals surface area contributed by atoms with E-state index in [0.717, 1.165) is 13.1 Å². The summed E-state index contributed by atoms with van der Waals surface area (Å²) in [4.78, 5) is 13.2. The van der Waals surface area contributed by atoms with E-state index in [9.17, 15) is 4.79 Å². The van der Waals surface area contributed by atoms with Gasteiger partial charge in [0.1, 0.15) is 0 Å². The molecule has 1 amide bonds. The maximum atomic E-state index is 11.3. The van der Waals surface area contributed by atoms with E-state index in [2.05, 4.69) is 0 Å². The van der Waals surface area contributed by atoms with Gasteiger partial charge in [0.15, 0.2) is 0 Å². The zero-order valence-electron chi connectivity index (χ0n) is 7.90. The number of methoxy groups -OCH3 is 1. The molecule has 2 atom stereocenters. The Morgan fingerprint density at radius 1 is 1.54 bits per heavy atom. The number of hydrogen-bond donors (Lipinski definition) is 1. The maximum absolute atomic E-state index is 11.3. The standard InChI is InChI=1S/C9H16N2O2/c1-13-9-6-2-7(9)5-11(4-6)8(12)3-10/h6-7,9H,2-5,10H2,1H3/t6-,7-/m0/s1. The van der Waals surface area contributed by atoms with Crippen molar-refractivity contribution in [2.45, 2.75) is 12.5 Å². The molecule has 2 N–H and O–H groups in total. The van der Waals surface area contributed by atoms with Crippen molar-refractivity contribution in [1.82, 2.24) is 4.90 Å². The average Bonchev–Trinajstić information content (AvgIpc) is 2.17. The van der Waals surface area contributed by atoms with Crippen molar-refractivity contribution in [3.8, 4) is 0 Å². The molecule has 3 aliphatic rings. The normalized spacial score (nSPS) is 37.1. The zero-order valence-corrected chi connectivity index (χ0v) is 7.90. The lowest BCUT2D eigenvalue weighted by molar-refractivity contribution is -0.154. The van der Waals surface area contributed by atoms with Crippen LogP contribution in [0.4, 0.5) is 0 Å². The van der Waals surface area contributed by atoms with Gasteiger partial charge in [-0.15, -0.1) is 0 Å². The highest BCUT2D eigenvalue weighted by Crippen LogP contribution is 2.41. The SMILES string of the molecule is COC1[C@H]2C[C@H]1CN(C(=O)CN)C2. The van der Waals surface area contributed by atoms with Crippen LogP contribution >= 0.6 is 0 Å². The van der Waals surface area contributed by atoms with Gasteiger partial charge in [-0.05, 0) is 6.42 Å². The summed E-state index contributed by atoms with van der Waals surface area (Å²) in [6.45, 7) is 1.81. The Morgan fingerprint density at radius 2 is 2.15 bits per heavy atom. The summed E-state index contributed by atoms with van der Waals surface area (Å²) < 4.78 is 5.35. The van der Waals surface area contributed by atoms with Crippen molar-refractivity contribution >= 4 is 5.91 Å². The number of nitrogens with two attached hydrogens (primary N) is 1. The summed E-state index contributed by atoms with van der Waals surface area (Å²) in [6, 6.07) is 0. The summed E-state index contributed by atoms with van der Waals surface area (Å²) in [6.07, 6.45) is 1.61. The van der Waals surface area contributed by atoms with Crippen molar-refractivity contribution in [3.63, 3.8) is 0 Å². The number of nitrogens with zero attached hydrogens (tertiary/aromatic N) is 1. The molecule has 0 aromatic heterocycles. The molecule has 3 rings (SSSR count). The Morgan fingerprint density at radius 3 is 2.62 bits per heavy atom. The van der Waals surface area contributed by atoms with E-state index in [-0.39, 0.29) is 12.5 Å². The summed E-state index contributed by atoms with van der Waals surface area (Å²) in [7, 11) is 1.75. The molecule has 2 heterocycles. The van der Waals surface area contributed by atoms with E-state index in [0.29, 0.717) is 17.9 Å². The van der Waals surface area contributed by atoms with Gasteiger partial charge in [0, 0.05) is 32.0 Å². The summed E-state index contributed by atoms with van der Waals surface area (Å²) in [5.41, 5.74) is 5.31. The molecule has 2 aliphatic heterocycles. The second kappa shape index (κ2) is 3.27. The van der Waals surface area contributed by atoms with Crippen molar-refractivity contribution in [3.05, 3.63) is 0 Å². The minimum absolute atomic E-state index is 0.0734. The number of ether oxygens (including phenoxy) is 1. The molecule has 0 unspecified atom stereocenters. The van der Waals surface area contributed by atoms with Gasteiger partial charge >= 0.3 is 0 Å². The summed E-state index contributed by atoms with van der Waals surface area (Å²) >= 11 is 0. The van der Waals surface area contributed by atoms with Crippen molar-refractivity contribution in [2.24, 2.45) is 17.6 Å². The van der Waals surface area contributed by atoms with E-state index in [1.807, 2.05) is 4.90 Å². The third kappa shape index (κ3) is 1.34. The minimum Gasteiger partial charge on any atom is -0.381 e. The van der Waals surface area contributed by atoms with E-state index < -0.39 is 0 Å². The molecule has 0 radical (unpaired) electrons. The molecule has 4 nitrogen and oxygen atoms in total. The van der Waals surface area contributed by atoms with Gasteiger partial charge in [-0.25, -0.2) is 0 Å². The first-order valence-electron chi connectivity index (χ1n) is 4.77. The van der Waals surface area contributed by atoms with Gasteiger partial charge in [-0.2, -0.15) is 0 Å². The van der Waals surface area contributed by atoms with E-state index in [1.54, 1.807) is 7.11 Å². The predicted molar refractivity (Wildman–Crippen MR) is 48.0 cm³/mol. The Labute approximate surface area is 78.0 Å². The Kier molecular flexibility index (Phi) is 2.26. The number of carbonyl (C=O) groups excluding carboxylic acids is 1. The minimum atomic E-state index is 0.0734. The van der Waals surface area contributed by atoms with Crippen molar-refractivity contribution < 1.29 is 9.53 Å². The lowest BCUT2D eigenvalue weighted by Gasteiger charge is -2.52. The molecular weight excluding hydrogens is 168 g/mol. The van der Waals surface area contributed by atoms with E-state index in [4.69, 9.17) is 10.5 Å². The average molecular weight is 184 g/mol. The van der Waals surface area contributed by atoms with E-state index in [1.165, 1.54) is 6.42 Å². The molecule has 0 aromatic carbocycles. The molecule has 2 saturated heterocycles. The van der Waals surface area contributed by atoms with Crippen LogP contribution in [0, 0.1) is 11.8 Å². The fourth-order valence-electron chi connectivity index (χ4n) is 2.56. The quantitative estimate of drug-likeness (QED) is 0.626. The van der Waals surface area contributed by atoms with Gasteiger partial charge in [-0.3, -0.25) is 4.79 Å². The van der Waals surface area contributed by atoms with Crippen LogP contribution in [-0.4, -0.2) is 43.7 Å². The van der Waals surface area contributed by atoms with Crippen LogP contribution < -0.4 is 5.73 Å². The molecule has 1 saturated carbocycles. The molecule has 3 fully saturated rings. The largest absolute Gasteiger partial charge is 0.381 e. The number of amides is 1. The summed E-state index contributed by atoms with van der Waals surface area (Å²) in [5, 5.41) is 0. The van der Waals surface area contributed by atoms with Crippen LogP contribution in [0.3, 0.4) is 0 Å². The summed E-state index contributed by atoms with van der Waals surface area (Å²) in [5.74, 6) is 1.18. The highest BCUT2D eigenvalue weighted by molar-refractivity contribution is 5.78. The van der Waals surface area contributed by atoms with Crippen LogP contribution in [-0.2, 0) is 9.53 Å². The first-order valence-corrected chi connectivity index (χ1v) is 4.77. The van der Waals surface area contributed by atoms with Crippen LogP contribution in [0.15, 0.2) is 0 Å². The van der Waals surface area contributed by atoms with Crippen LogP contribution in [0.2, 0.25) is 0 Å². The first-order chi connectivity index (χ1) is 6.26. The van der Waals surface area contributed by atoms with Gasteiger partial charge in [0.05, 0.1) is 12.6 Å². The highest BCUT2D eigenvalue weighted by atomic mass is 16.5. The van der Waals surface area contributed by atoms with Crippen molar-refractivity contribution in [2.75, 3.05) is 26.7 Å². The predicted octanol–water partition coefficient (Wildman–Crippen LogP) is -0.562. The lowest BCUT2D eigenvalue weighted by Crippen LogP contribution is -2.60. The lowest BCUT2D eigenvalue weighted by atomic mass is 9.68. The van der Waals surface area contributed by atoms with E-state index >= 15 is 0 Å². The fourth-order valence-corrected chi connectivity index (χ4v) is 2.56. The fraction of sp³-hybridized carbons (Fsp3) is 0.889. The molecule has 74 valence electrons. The second-order valence-corrected chi connectivity index (χ2v) is 3.96. The zero-order chi connectivity index (χ0) is 9.42. The Bertz CT molecular complexity index is 208. The smallest absolute Gasteiger partial charge is 0.236 e. The number of fused-ring (bicyclic) bond motifs is 2.